The first kappa shape index (κ1) is 21.1. The van der Waals surface area contributed by atoms with Crippen molar-refractivity contribution >= 4 is 53.4 Å². The molecule has 178 valence electrons. The topological polar surface area (TPSA) is 69.4 Å². The van der Waals surface area contributed by atoms with Crippen molar-refractivity contribution in [2.75, 3.05) is 0 Å². The maximum Gasteiger partial charge on any atom is 0.238 e. The van der Waals surface area contributed by atoms with Crippen LogP contribution in [-0.4, -0.2) is 29.5 Å². The van der Waals surface area contributed by atoms with Gasteiger partial charge in [0.2, 0.25) is 5.95 Å². The van der Waals surface area contributed by atoms with Crippen LogP contribution in [0.25, 0.3) is 70.8 Å². The van der Waals surface area contributed by atoms with E-state index < -0.39 is 0 Å². The first-order chi connectivity index (χ1) is 18.8. The predicted molar refractivity (Wildman–Crippen MR) is 154 cm³/mol. The number of fused-ring (bicyclic) bond motifs is 6. The van der Waals surface area contributed by atoms with E-state index in [0.29, 0.717) is 17.6 Å². The van der Waals surface area contributed by atoms with Gasteiger partial charge in [-0.25, -0.2) is 15.0 Å². The van der Waals surface area contributed by atoms with Crippen LogP contribution in [0.1, 0.15) is 0 Å². The van der Waals surface area contributed by atoms with Gasteiger partial charge in [-0.05, 0) is 18.2 Å². The zero-order chi connectivity index (χ0) is 25.1. The van der Waals surface area contributed by atoms with Crippen molar-refractivity contribution in [2.45, 2.75) is 0 Å². The van der Waals surface area contributed by atoms with Crippen LogP contribution in [0.3, 0.4) is 0 Å². The lowest BCUT2D eigenvalue weighted by Crippen LogP contribution is -2.06. The Bertz CT molecular complexity index is 2070. The van der Waals surface area contributed by atoms with Crippen LogP contribution < -0.4 is 0 Å². The molecule has 4 heterocycles. The molecule has 0 aliphatic heterocycles. The maximum absolute atomic E-state index is 5.02. The van der Waals surface area contributed by atoms with Crippen LogP contribution in [0, 0.1) is 0 Å². The fourth-order valence-corrected chi connectivity index (χ4v) is 6.13. The Kier molecular flexibility index (Phi) is 4.59. The van der Waals surface area contributed by atoms with Gasteiger partial charge in [-0.2, -0.15) is 9.97 Å². The molecule has 0 saturated carbocycles. The average molecular weight is 507 g/mol. The SMILES string of the molecule is c1ccc(-c2nc(-c3ccccc3)nc(-n3c4ccccc4c4cc5sc6ncncc6c5cc43)n2)cc1. The minimum absolute atomic E-state index is 0.582. The van der Waals surface area contributed by atoms with Crippen molar-refractivity contribution in [3.05, 3.63) is 110 Å². The summed E-state index contributed by atoms with van der Waals surface area (Å²) in [6.45, 7) is 0. The lowest BCUT2D eigenvalue weighted by molar-refractivity contribution is 0.954. The molecular formula is C31H18N6S. The third kappa shape index (κ3) is 3.22. The third-order valence-electron chi connectivity index (χ3n) is 6.83. The molecule has 0 unspecified atom stereocenters. The molecule has 0 atom stereocenters. The predicted octanol–water partition coefficient (Wildman–Crippen LogP) is 7.46. The Morgan fingerprint density at radius 3 is 2.00 bits per heavy atom. The second kappa shape index (κ2) is 8.26. The van der Waals surface area contributed by atoms with E-state index in [9.17, 15) is 0 Å². The van der Waals surface area contributed by atoms with Crippen LogP contribution in [-0.2, 0) is 0 Å². The quantitative estimate of drug-likeness (QED) is 0.249. The molecule has 0 aliphatic rings. The van der Waals surface area contributed by atoms with E-state index in [0.717, 1.165) is 48.5 Å². The third-order valence-corrected chi connectivity index (χ3v) is 7.91. The maximum atomic E-state index is 5.02. The summed E-state index contributed by atoms with van der Waals surface area (Å²) < 4.78 is 3.33. The normalized spacial score (nSPS) is 11.7. The van der Waals surface area contributed by atoms with Gasteiger partial charge in [-0.3, -0.25) is 4.57 Å². The summed E-state index contributed by atoms with van der Waals surface area (Å²) in [4.78, 5) is 24.7. The van der Waals surface area contributed by atoms with Gasteiger partial charge in [-0.15, -0.1) is 11.3 Å². The molecule has 8 aromatic rings. The molecule has 0 fully saturated rings. The van der Waals surface area contributed by atoms with E-state index in [-0.39, 0.29) is 0 Å². The fourth-order valence-electron chi connectivity index (χ4n) is 5.09. The van der Waals surface area contributed by atoms with Gasteiger partial charge < -0.3 is 0 Å². The van der Waals surface area contributed by atoms with Gasteiger partial charge in [0.25, 0.3) is 0 Å². The number of hydrogen-bond acceptors (Lipinski definition) is 6. The van der Waals surface area contributed by atoms with Crippen molar-refractivity contribution in [3.63, 3.8) is 0 Å². The van der Waals surface area contributed by atoms with Crippen LogP contribution in [0.15, 0.2) is 110 Å². The number of rotatable bonds is 3. The highest BCUT2D eigenvalue weighted by atomic mass is 32.1. The lowest BCUT2D eigenvalue weighted by atomic mass is 10.1. The largest absolute Gasteiger partial charge is 0.278 e. The second-order valence-electron chi connectivity index (χ2n) is 9.08. The van der Waals surface area contributed by atoms with Gasteiger partial charge in [0.1, 0.15) is 11.2 Å². The summed E-state index contributed by atoms with van der Waals surface area (Å²) in [5.41, 5.74) is 3.96. The minimum atomic E-state index is 0.582. The summed E-state index contributed by atoms with van der Waals surface area (Å²) >= 11 is 1.69. The van der Waals surface area contributed by atoms with E-state index in [1.54, 1.807) is 17.7 Å². The number of hydrogen-bond donors (Lipinski definition) is 0. The molecule has 8 rings (SSSR count). The highest BCUT2D eigenvalue weighted by molar-refractivity contribution is 7.25. The molecule has 38 heavy (non-hydrogen) atoms. The zero-order valence-corrected chi connectivity index (χ0v) is 20.8. The van der Waals surface area contributed by atoms with Crippen molar-refractivity contribution < 1.29 is 0 Å². The molecular weight excluding hydrogens is 488 g/mol. The van der Waals surface area contributed by atoms with Crippen LogP contribution in [0.5, 0.6) is 0 Å². The van der Waals surface area contributed by atoms with Crippen molar-refractivity contribution in [1.29, 1.82) is 0 Å². The number of benzene rings is 4. The molecule has 6 nitrogen and oxygen atoms in total. The number of aromatic nitrogens is 6. The Labute approximate surface area is 220 Å². The van der Waals surface area contributed by atoms with Crippen LogP contribution >= 0.6 is 11.3 Å². The van der Waals surface area contributed by atoms with Gasteiger partial charge in [-0.1, -0.05) is 78.9 Å². The molecule has 0 bridgehead atoms. The summed E-state index contributed by atoms with van der Waals surface area (Å²) in [7, 11) is 0. The Balaban J connectivity index is 1.49. The highest BCUT2D eigenvalue weighted by Gasteiger charge is 2.19. The number of para-hydroxylation sites is 1. The summed E-state index contributed by atoms with van der Waals surface area (Å²) in [5.74, 6) is 1.85. The number of nitrogens with zero attached hydrogens (tertiary/aromatic N) is 6. The zero-order valence-electron chi connectivity index (χ0n) is 20.0. The van der Waals surface area contributed by atoms with E-state index in [2.05, 4.69) is 50.9 Å². The molecule has 7 heteroatoms. The van der Waals surface area contributed by atoms with Crippen molar-refractivity contribution in [3.8, 4) is 28.7 Å². The summed E-state index contributed by atoms with van der Waals surface area (Å²) in [6, 6.07) is 33.0. The van der Waals surface area contributed by atoms with Gasteiger partial charge >= 0.3 is 0 Å². The molecule has 0 N–H and O–H groups in total. The molecule has 4 aromatic carbocycles. The monoisotopic (exact) mass is 506 g/mol. The Morgan fingerprint density at radius 2 is 1.26 bits per heavy atom. The van der Waals surface area contributed by atoms with E-state index in [1.807, 2.05) is 66.9 Å². The Hall–Kier alpha value is -5.01. The van der Waals surface area contributed by atoms with Gasteiger partial charge in [0, 0.05) is 43.6 Å². The van der Waals surface area contributed by atoms with E-state index in [4.69, 9.17) is 15.0 Å². The Morgan fingerprint density at radius 1 is 0.579 bits per heavy atom. The van der Waals surface area contributed by atoms with Gasteiger partial charge in [0.15, 0.2) is 11.6 Å². The summed E-state index contributed by atoms with van der Waals surface area (Å²) in [5, 5.41) is 4.48. The summed E-state index contributed by atoms with van der Waals surface area (Å²) in [6.07, 6.45) is 3.50. The standard InChI is InChI=1S/C31H18N6S/c1-3-9-19(10-4-1)28-34-29(20-11-5-2-6-12-20)36-31(35-28)37-25-14-8-7-13-21(25)22-16-27-23(15-26(22)37)24-17-32-18-33-30(24)38-27/h1-18H. The minimum Gasteiger partial charge on any atom is -0.278 e. The molecule has 0 radical (unpaired) electrons. The van der Waals surface area contributed by atoms with Crippen LogP contribution in [0.2, 0.25) is 0 Å². The molecule has 4 aromatic heterocycles. The molecule has 0 saturated heterocycles. The second-order valence-corrected chi connectivity index (χ2v) is 10.1. The van der Waals surface area contributed by atoms with Gasteiger partial charge in [0.05, 0.1) is 11.0 Å². The molecule has 0 spiro atoms. The van der Waals surface area contributed by atoms with Crippen LogP contribution in [0.4, 0.5) is 0 Å². The van der Waals surface area contributed by atoms with E-state index in [1.165, 1.54) is 4.70 Å². The first-order valence-electron chi connectivity index (χ1n) is 12.3. The molecule has 0 aliphatic carbocycles. The number of thiophene rings is 1. The fraction of sp³-hybridized carbons (Fsp3) is 0. The first-order valence-corrected chi connectivity index (χ1v) is 13.1. The van der Waals surface area contributed by atoms with Crippen molar-refractivity contribution in [2.24, 2.45) is 0 Å². The smallest absolute Gasteiger partial charge is 0.238 e. The molecule has 0 amide bonds. The highest BCUT2D eigenvalue weighted by Crippen LogP contribution is 2.39. The average Bonchev–Trinajstić information content (AvgIpc) is 3.51. The lowest BCUT2D eigenvalue weighted by Gasteiger charge is -2.11. The van der Waals surface area contributed by atoms with E-state index >= 15 is 0 Å². The van der Waals surface area contributed by atoms with Crippen molar-refractivity contribution in [1.82, 2.24) is 29.5 Å².